The topological polar surface area (TPSA) is 48.9 Å². The highest BCUT2D eigenvalue weighted by Crippen LogP contribution is 2.02. The Labute approximate surface area is 134 Å². The van der Waals surface area contributed by atoms with Crippen molar-refractivity contribution in [3.63, 3.8) is 0 Å². The van der Waals surface area contributed by atoms with Gasteiger partial charge in [0.15, 0.2) is 5.96 Å². The van der Waals surface area contributed by atoms with Crippen LogP contribution >= 0.6 is 0 Å². The standard InChI is InChI=1S/C17H30N4O/c1-4-18-17(20-12-14-22-3)19-11-8-13-21(2)15-16-9-6-5-7-10-16/h5-7,9-10H,4,8,11-15H2,1-3H3,(H2,18,19,20). The van der Waals surface area contributed by atoms with E-state index in [9.17, 15) is 0 Å². The minimum atomic E-state index is 0.685. The number of methoxy groups -OCH3 is 1. The molecule has 5 nitrogen and oxygen atoms in total. The molecule has 0 unspecified atom stereocenters. The zero-order chi connectivity index (χ0) is 16.0. The Hall–Kier alpha value is -1.59. The maximum Gasteiger partial charge on any atom is 0.191 e. The molecule has 0 aliphatic carbocycles. The summed E-state index contributed by atoms with van der Waals surface area (Å²) in [6, 6.07) is 10.6. The summed E-state index contributed by atoms with van der Waals surface area (Å²) in [6.45, 7) is 7.24. The van der Waals surface area contributed by atoms with Gasteiger partial charge in [0.25, 0.3) is 0 Å². The normalized spacial score (nSPS) is 11.7. The van der Waals surface area contributed by atoms with Crippen LogP contribution < -0.4 is 10.6 Å². The van der Waals surface area contributed by atoms with Gasteiger partial charge in [-0.3, -0.25) is 4.99 Å². The monoisotopic (exact) mass is 306 g/mol. The van der Waals surface area contributed by atoms with E-state index in [1.165, 1.54) is 5.56 Å². The summed E-state index contributed by atoms with van der Waals surface area (Å²) in [6.07, 6.45) is 1.05. The Morgan fingerprint density at radius 2 is 2.00 bits per heavy atom. The molecule has 0 saturated carbocycles. The second kappa shape index (κ2) is 12.0. The van der Waals surface area contributed by atoms with Crippen LogP contribution in [0.25, 0.3) is 0 Å². The summed E-state index contributed by atoms with van der Waals surface area (Å²) < 4.78 is 5.03. The highest BCUT2D eigenvalue weighted by molar-refractivity contribution is 5.79. The molecular formula is C17H30N4O. The first-order chi connectivity index (χ1) is 10.8. The largest absolute Gasteiger partial charge is 0.383 e. The van der Waals surface area contributed by atoms with Crippen molar-refractivity contribution >= 4 is 5.96 Å². The van der Waals surface area contributed by atoms with E-state index in [1.807, 2.05) is 0 Å². The van der Waals surface area contributed by atoms with Crippen LogP contribution in [0.4, 0.5) is 0 Å². The fraction of sp³-hybridized carbons (Fsp3) is 0.588. The molecular weight excluding hydrogens is 276 g/mol. The predicted molar refractivity (Wildman–Crippen MR) is 93.3 cm³/mol. The number of nitrogens with one attached hydrogen (secondary N) is 2. The van der Waals surface area contributed by atoms with Gasteiger partial charge in [-0.05, 0) is 32.5 Å². The van der Waals surface area contributed by atoms with Crippen molar-refractivity contribution in [2.24, 2.45) is 4.99 Å². The average Bonchev–Trinajstić information content (AvgIpc) is 2.52. The first kappa shape index (κ1) is 18.5. The lowest BCUT2D eigenvalue weighted by molar-refractivity contribution is 0.203. The van der Waals surface area contributed by atoms with Crippen LogP contribution in [0.2, 0.25) is 0 Å². The Kier molecular flexibility index (Phi) is 10.1. The van der Waals surface area contributed by atoms with Crippen molar-refractivity contribution in [2.75, 3.05) is 46.9 Å². The molecule has 0 aromatic heterocycles. The molecule has 1 aromatic rings. The molecule has 0 bridgehead atoms. The van der Waals surface area contributed by atoms with Gasteiger partial charge < -0.3 is 20.3 Å². The lowest BCUT2D eigenvalue weighted by Crippen LogP contribution is -2.39. The van der Waals surface area contributed by atoms with Gasteiger partial charge in [-0.15, -0.1) is 0 Å². The Bertz CT molecular complexity index is 408. The zero-order valence-corrected chi connectivity index (χ0v) is 14.1. The number of hydrogen-bond acceptors (Lipinski definition) is 3. The van der Waals surface area contributed by atoms with Crippen LogP contribution in [0, 0.1) is 0 Å². The van der Waals surface area contributed by atoms with Gasteiger partial charge in [0.05, 0.1) is 6.61 Å². The molecule has 0 atom stereocenters. The van der Waals surface area contributed by atoms with Crippen molar-refractivity contribution < 1.29 is 4.74 Å². The Morgan fingerprint density at radius 1 is 1.23 bits per heavy atom. The van der Waals surface area contributed by atoms with Crippen LogP contribution in [0.15, 0.2) is 35.3 Å². The van der Waals surface area contributed by atoms with Crippen molar-refractivity contribution in [3.8, 4) is 0 Å². The fourth-order valence-electron chi connectivity index (χ4n) is 2.12. The van der Waals surface area contributed by atoms with Gasteiger partial charge in [-0.25, -0.2) is 0 Å². The van der Waals surface area contributed by atoms with Crippen molar-refractivity contribution in [3.05, 3.63) is 35.9 Å². The van der Waals surface area contributed by atoms with Crippen molar-refractivity contribution in [1.29, 1.82) is 0 Å². The maximum atomic E-state index is 5.03. The van der Waals surface area contributed by atoms with E-state index in [-0.39, 0.29) is 0 Å². The van der Waals surface area contributed by atoms with E-state index in [0.29, 0.717) is 6.61 Å². The summed E-state index contributed by atoms with van der Waals surface area (Å²) in [5.41, 5.74) is 1.35. The number of ether oxygens (including phenoxy) is 1. The molecule has 0 fully saturated rings. The molecule has 0 aliphatic heterocycles. The van der Waals surface area contributed by atoms with Crippen LogP contribution in [0.1, 0.15) is 18.9 Å². The molecule has 1 aromatic carbocycles. The summed E-state index contributed by atoms with van der Waals surface area (Å²) in [5.74, 6) is 0.866. The van der Waals surface area contributed by atoms with Gasteiger partial charge in [0.2, 0.25) is 0 Å². The zero-order valence-electron chi connectivity index (χ0n) is 14.1. The van der Waals surface area contributed by atoms with Gasteiger partial charge in [0, 0.05) is 33.3 Å². The average molecular weight is 306 g/mol. The number of hydrogen-bond donors (Lipinski definition) is 2. The molecule has 0 spiro atoms. The molecule has 22 heavy (non-hydrogen) atoms. The van der Waals surface area contributed by atoms with Crippen molar-refractivity contribution in [1.82, 2.24) is 15.5 Å². The fourth-order valence-corrected chi connectivity index (χ4v) is 2.12. The summed E-state index contributed by atoms with van der Waals surface area (Å²) in [4.78, 5) is 6.91. The first-order valence-corrected chi connectivity index (χ1v) is 7.99. The van der Waals surface area contributed by atoms with Gasteiger partial charge >= 0.3 is 0 Å². The van der Waals surface area contributed by atoms with Crippen LogP contribution in [0.5, 0.6) is 0 Å². The summed E-state index contributed by atoms with van der Waals surface area (Å²) in [5, 5.41) is 6.49. The van der Waals surface area contributed by atoms with Gasteiger partial charge in [-0.2, -0.15) is 0 Å². The van der Waals surface area contributed by atoms with Crippen molar-refractivity contribution in [2.45, 2.75) is 19.9 Å². The minimum absolute atomic E-state index is 0.685. The number of nitrogens with zero attached hydrogens (tertiary/aromatic N) is 2. The minimum Gasteiger partial charge on any atom is -0.383 e. The van der Waals surface area contributed by atoms with Crippen LogP contribution in [-0.4, -0.2) is 57.8 Å². The third kappa shape index (κ3) is 8.64. The van der Waals surface area contributed by atoms with E-state index >= 15 is 0 Å². The number of rotatable bonds is 10. The molecule has 124 valence electrons. The second-order valence-corrected chi connectivity index (χ2v) is 5.26. The van der Waals surface area contributed by atoms with Gasteiger partial charge in [-0.1, -0.05) is 30.3 Å². The molecule has 0 aliphatic rings. The van der Waals surface area contributed by atoms with E-state index in [4.69, 9.17) is 4.74 Å². The first-order valence-electron chi connectivity index (χ1n) is 7.99. The number of guanidine groups is 1. The third-order valence-corrected chi connectivity index (χ3v) is 3.21. The molecule has 0 heterocycles. The number of benzene rings is 1. The van der Waals surface area contributed by atoms with E-state index in [0.717, 1.165) is 45.1 Å². The summed E-state index contributed by atoms with van der Waals surface area (Å²) >= 11 is 0. The molecule has 0 radical (unpaired) electrons. The van der Waals surface area contributed by atoms with Crippen LogP contribution in [0.3, 0.4) is 0 Å². The number of aliphatic imine (C=N–C) groups is 1. The predicted octanol–water partition coefficient (Wildman–Crippen LogP) is 1.71. The maximum absolute atomic E-state index is 5.03. The highest BCUT2D eigenvalue weighted by Gasteiger charge is 2.00. The van der Waals surface area contributed by atoms with E-state index < -0.39 is 0 Å². The third-order valence-electron chi connectivity index (χ3n) is 3.21. The molecule has 0 amide bonds. The molecule has 0 saturated heterocycles. The van der Waals surface area contributed by atoms with Crippen LogP contribution in [-0.2, 0) is 11.3 Å². The smallest absolute Gasteiger partial charge is 0.191 e. The quantitative estimate of drug-likeness (QED) is 0.392. The molecule has 1 rings (SSSR count). The second-order valence-electron chi connectivity index (χ2n) is 5.26. The van der Waals surface area contributed by atoms with E-state index in [1.54, 1.807) is 7.11 Å². The van der Waals surface area contributed by atoms with Gasteiger partial charge in [0.1, 0.15) is 0 Å². The molecule has 5 heteroatoms. The molecule has 2 N–H and O–H groups in total. The highest BCUT2D eigenvalue weighted by atomic mass is 16.5. The lowest BCUT2D eigenvalue weighted by atomic mass is 10.2. The Balaban J connectivity index is 2.23. The Morgan fingerprint density at radius 3 is 2.68 bits per heavy atom. The summed E-state index contributed by atoms with van der Waals surface area (Å²) in [7, 11) is 3.85. The SMILES string of the molecule is CCNC(=NCCCN(C)Cc1ccccc1)NCCOC. The van der Waals surface area contributed by atoms with E-state index in [2.05, 4.69) is 64.8 Å². The lowest BCUT2D eigenvalue weighted by Gasteiger charge is -2.16.